The summed E-state index contributed by atoms with van der Waals surface area (Å²) >= 11 is 1.91. The maximum atomic E-state index is 13.9. The molecule has 0 bridgehead atoms. The molecule has 0 aliphatic carbocycles. The van der Waals surface area contributed by atoms with Gasteiger partial charge in [-0.15, -0.1) is 12.4 Å². The van der Waals surface area contributed by atoms with Crippen LogP contribution >= 0.6 is 35.0 Å². The minimum absolute atomic E-state index is 0. The highest BCUT2D eigenvalue weighted by atomic mass is 127. The van der Waals surface area contributed by atoms with Gasteiger partial charge in [0.1, 0.15) is 11.6 Å². The lowest BCUT2D eigenvalue weighted by molar-refractivity contribution is 0.295. The zero-order valence-corrected chi connectivity index (χ0v) is 13.3. The summed E-state index contributed by atoms with van der Waals surface area (Å²) in [5.74, 6) is 0.478. The predicted octanol–water partition coefficient (Wildman–Crippen LogP) is 2.64. The number of nitrogens with zero attached hydrogens (tertiary/aromatic N) is 1. The maximum absolute atomic E-state index is 13.9. The van der Waals surface area contributed by atoms with E-state index in [9.17, 15) is 8.78 Å². The van der Waals surface area contributed by atoms with Gasteiger partial charge in [0.2, 0.25) is 0 Å². The van der Waals surface area contributed by atoms with Crippen LogP contribution in [0.15, 0.2) is 12.1 Å². The van der Waals surface area contributed by atoms with Crippen molar-refractivity contribution in [1.29, 1.82) is 0 Å². The van der Waals surface area contributed by atoms with E-state index in [2.05, 4.69) is 10.2 Å². The van der Waals surface area contributed by atoms with Gasteiger partial charge in [0.05, 0.1) is 0 Å². The predicted molar refractivity (Wildman–Crippen MR) is 81.4 cm³/mol. The molecule has 2 aliphatic rings. The van der Waals surface area contributed by atoms with Crippen molar-refractivity contribution >= 4 is 35.0 Å². The Kier molecular flexibility index (Phi) is 5.03. The van der Waals surface area contributed by atoms with Crippen molar-refractivity contribution < 1.29 is 8.78 Å². The highest BCUT2D eigenvalue weighted by molar-refractivity contribution is 14.1. The van der Waals surface area contributed by atoms with Crippen molar-refractivity contribution in [2.75, 3.05) is 26.2 Å². The number of fused-ring (bicyclic) bond motifs is 1. The van der Waals surface area contributed by atoms with Crippen molar-refractivity contribution in [3.05, 3.63) is 32.9 Å². The number of nitrogens with one attached hydrogen (secondary N) is 1. The van der Waals surface area contributed by atoms with Gasteiger partial charge in [-0.25, -0.2) is 8.78 Å². The molecule has 3 rings (SSSR count). The van der Waals surface area contributed by atoms with Gasteiger partial charge in [0.15, 0.2) is 0 Å². The Morgan fingerprint density at radius 2 is 1.84 bits per heavy atom. The van der Waals surface area contributed by atoms with Gasteiger partial charge < -0.3 is 5.32 Å². The third kappa shape index (κ3) is 3.04. The molecule has 2 aliphatic heterocycles. The third-order valence-electron chi connectivity index (χ3n) is 3.99. The first-order valence-corrected chi connectivity index (χ1v) is 7.28. The molecule has 0 radical (unpaired) electrons. The Morgan fingerprint density at radius 1 is 1.21 bits per heavy atom. The second-order valence-electron chi connectivity index (χ2n) is 5.19. The van der Waals surface area contributed by atoms with Crippen LogP contribution in [0.4, 0.5) is 8.78 Å². The molecule has 2 saturated heterocycles. The van der Waals surface area contributed by atoms with Crippen LogP contribution in [0.1, 0.15) is 5.56 Å². The van der Waals surface area contributed by atoms with Crippen molar-refractivity contribution in [2.24, 2.45) is 11.8 Å². The molecular weight excluding hydrogens is 385 g/mol. The van der Waals surface area contributed by atoms with Crippen LogP contribution in [-0.2, 0) is 6.54 Å². The quantitative estimate of drug-likeness (QED) is 0.606. The molecular formula is C13H16ClF2IN2. The molecule has 0 amide bonds. The van der Waals surface area contributed by atoms with Gasteiger partial charge in [-0.2, -0.15) is 0 Å². The van der Waals surface area contributed by atoms with Crippen molar-refractivity contribution in [1.82, 2.24) is 10.2 Å². The molecule has 19 heavy (non-hydrogen) atoms. The lowest BCUT2D eigenvalue weighted by Crippen LogP contribution is -2.26. The number of rotatable bonds is 2. The maximum Gasteiger partial charge on any atom is 0.143 e. The summed E-state index contributed by atoms with van der Waals surface area (Å²) in [6.07, 6.45) is 0. The number of halogens is 4. The van der Waals surface area contributed by atoms with E-state index in [1.165, 1.54) is 12.1 Å². The number of hydrogen-bond donors (Lipinski definition) is 1. The Morgan fingerprint density at radius 3 is 2.47 bits per heavy atom. The summed E-state index contributed by atoms with van der Waals surface area (Å²) in [6, 6.07) is 2.84. The molecule has 0 aromatic heterocycles. The fourth-order valence-corrected chi connectivity index (χ4v) is 3.52. The van der Waals surface area contributed by atoms with E-state index < -0.39 is 11.6 Å². The van der Waals surface area contributed by atoms with Crippen molar-refractivity contribution in [3.63, 3.8) is 0 Å². The molecule has 2 nitrogen and oxygen atoms in total. The summed E-state index contributed by atoms with van der Waals surface area (Å²) < 4.78 is 28.1. The zero-order valence-electron chi connectivity index (χ0n) is 10.3. The molecule has 2 fully saturated rings. The minimum Gasteiger partial charge on any atom is -0.316 e. The Hall–Kier alpha value is 0.0200. The number of hydrogen-bond acceptors (Lipinski definition) is 2. The third-order valence-corrected chi connectivity index (χ3v) is 4.82. The largest absolute Gasteiger partial charge is 0.316 e. The van der Waals surface area contributed by atoms with E-state index in [0.29, 0.717) is 22.0 Å². The molecule has 0 spiro atoms. The second kappa shape index (κ2) is 6.20. The monoisotopic (exact) mass is 400 g/mol. The number of likely N-dealkylation sites (tertiary alicyclic amines) is 1. The molecule has 0 unspecified atom stereocenters. The molecule has 1 aromatic carbocycles. The average Bonchev–Trinajstić information content (AvgIpc) is 2.90. The highest BCUT2D eigenvalue weighted by Gasteiger charge is 2.36. The van der Waals surface area contributed by atoms with Crippen LogP contribution in [0.5, 0.6) is 0 Å². The molecule has 106 valence electrons. The Bertz CT molecular complexity index is 460. The summed E-state index contributed by atoms with van der Waals surface area (Å²) in [6.45, 7) is 4.36. The van der Waals surface area contributed by atoms with E-state index in [1.807, 2.05) is 22.6 Å². The van der Waals surface area contributed by atoms with Crippen LogP contribution in [0.2, 0.25) is 0 Å². The van der Waals surface area contributed by atoms with Gasteiger partial charge >= 0.3 is 0 Å². The van der Waals surface area contributed by atoms with Crippen molar-refractivity contribution in [3.8, 4) is 0 Å². The van der Waals surface area contributed by atoms with E-state index in [1.54, 1.807) is 0 Å². The highest BCUT2D eigenvalue weighted by Crippen LogP contribution is 2.29. The summed E-state index contributed by atoms with van der Waals surface area (Å²) in [7, 11) is 0. The Balaban J connectivity index is 0.00000133. The molecule has 1 aromatic rings. The molecule has 6 heteroatoms. The molecule has 2 atom stereocenters. The van der Waals surface area contributed by atoms with Gasteiger partial charge in [-0.05, 0) is 59.6 Å². The Labute approximate surface area is 131 Å². The summed E-state index contributed by atoms with van der Waals surface area (Å²) in [5.41, 5.74) is 0.217. The van der Waals surface area contributed by atoms with E-state index >= 15 is 0 Å². The molecule has 1 N–H and O–H groups in total. The smallest absolute Gasteiger partial charge is 0.143 e. The lowest BCUT2D eigenvalue weighted by atomic mass is 10.0. The van der Waals surface area contributed by atoms with Gasteiger partial charge in [0.25, 0.3) is 0 Å². The fraction of sp³-hybridized carbons (Fsp3) is 0.538. The average molecular weight is 401 g/mol. The first-order valence-electron chi connectivity index (χ1n) is 6.20. The normalized spacial score (nSPS) is 26.3. The van der Waals surface area contributed by atoms with Gasteiger partial charge in [-0.3, -0.25) is 4.90 Å². The first-order chi connectivity index (χ1) is 8.65. The molecule has 2 heterocycles. The van der Waals surface area contributed by atoms with Crippen LogP contribution < -0.4 is 5.32 Å². The first kappa shape index (κ1) is 15.4. The van der Waals surface area contributed by atoms with Gasteiger partial charge in [0, 0.05) is 28.8 Å². The summed E-state index contributed by atoms with van der Waals surface area (Å²) in [5, 5.41) is 3.36. The number of benzene rings is 1. The van der Waals surface area contributed by atoms with Crippen LogP contribution in [0, 0.1) is 27.0 Å². The van der Waals surface area contributed by atoms with Crippen LogP contribution in [-0.4, -0.2) is 31.1 Å². The lowest BCUT2D eigenvalue weighted by Gasteiger charge is -2.18. The van der Waals surface area contributed by atoms with E-state index in [4.69, 9.17) is 0 Å². The SMILES string of the molecule is Cl.Fc1ccc(I)c(F)c1CN1C[C@H]2CNC[C@H]2C1. The van der Waals surface area contributed by atoms with E-state index in [0.717, 1.165) is 26.2 Å². The second-order valence-corrected chi connectivity index (χ2v) is 6.36. The van der Waals surface area contributed by atoms with Gasteiger partial charge in [-0.1, -0.05) is 0 Å². The van der Waals surface area contributed by atoms with Crippen LogP contribution in [0.25, 0.3) is 0 Å². The summed E-state index contributed by atoms with van der Waals surface area (Å²) in [4.78, 5) is 2.17. The standard InChI is InChI=1S/C13H15F2IN2.ClH/c14-11-1-2-12(16)13(15)10(11)7-18-5-8-3-17-4-9(8)6-18;/h1-2,8-9,17H,3-7H2;1H/t8-,9+;. The van der Waals surface area contributed by atoms with Crippen LogP contribution in [0.3, 0.4) is 0 Å². The van der Waals surface area contributed by atoms with E-state index in [-0.39, 0.29) is 18.0 Å². The minimum atomic E-state index is -0.428. The van der Waals surface area contributed by atoms with Crippen molar-refractivity contribution in [2.45, 2.75) is 6.54 Å². The zero-order chi connectivity index (χ0) is 12.7. The molecule has 0 saturated carbocycles. The topological polar surface area (TPSA) is 15.3 Å². The fourth-order valence-electron chi connectivity index (χ4n) is 3.02.